The van der Waals surface area contributed by atoms with Crippen LogP contribution in [0.2, 0.25) is 0 Å². The zero-order valence-electron chi connectivity index (χ0n) is 9.28. The van der Waals surface area contributed by atoms with Crippen LogP contribution in [0.15, 0.2) is 33.6 Å². The lowest BCUT2D eigenvalue weighted by Crippen LogP contribution is -2.40. The molecule has 3 nitrogen and oxygen atoms in total. The van der Waals surface area contributed by atoms with Gasteiger partial charge in [0.15, 0.2) is 0 Å². The van der Waals surface area contributed by atoms with Crippen molar-refractivity contribution < 1.29 is 4.74 Å². The van der Waals surface area contributed by atoms with Gasteiger partial charge in [-0.25, -0.2) is 0 Å². The van der Waals surface area contributed by atoms with E-state index in [4.69, 9.17) is 10.6 Å². The van der Waals surface area contributed by atoms with E-state index in [1.807, 2.05) is 19.1 Å². The summed E-state index contributed by atoms with van der Waals surface area (Å²) in [6, 6.07) is 8.41. The van der Waals surface area contributed by atoms with Crippen LogP contribution in [-0.4, -0.2) is 25.0 Å². The monoisotopic (exact) mass is 304 g/mol. The Kier molecular flexibility index (Phi) is 7.07. The molecular weight excluding hydrogens is 288 g/mol. The van der Waals surface area contributed by atoms with E-state index in [9.17, 15) is 0 Å². The van der Waals surface area contributed by atoms with Crippen molar-refractivity contribution in [2.24, 2.45) is 5.84 Å². The minimum Gasteiger partial charge on any atom is -0.380 e. The van der Waals surface area contributed by atoms with Crippen molar-refractivity contribution in [1.82, 2.24) is 5.43 Å². The van der Waals surface area contributed by atoms with Crippen molar-refractivity contribution in [3.63, 3.8) is 0 Å². The van der Waals surface area contributed by atoms with Gasteiger partial charge in [0.25, 0.3) is 0 Å². The summed E-state index contributed by atoms with van der Waals surface area (Å²) in [5.41, 5.74) is 2.76. The molecule has 90 valence electrons. The molecule has 0 heterocycles. The van der Waals surface area contributed by atoms with Crippen molar-refractivity contribution in [1.29, 1.82) is 0 Å². The van der Waals surface area contributed by atoms with Gasteiger partial charge in [-0.3, -0.25) is 11.3 Å². The van der Waals surface area contributed by atoms with Crippen LogP contribution in [0, 0.1) is 0 Å². The van der Waals surface area contributed by atoms with Gasteiger partial charge in [-0.1, -0.05) is 22.0 Å². The number of halogens is 1. The van der Waals surface area contributed by atoms with Gasteiger partial charge in [-0.15, -0.1) is 11.8 Å². The maximum absolute atomic E-state index is 5.46. The fourth-order valence-electron chi connectivity index (χ4n) is 1.16. The highest BCUT2D eigenvalue weighted by atomic mass is 79.9. The molecule has 0 saturated carbocycles. The van der Waals surface area contributed by atoms with Crippen molar-refractivity contribution >= 4 is 27.7 Å². The Hall–Kier alpha value is -0.0700. The molecule has 1 aromatic rings. The standard InChI is InChI=1S/C11H17BrN2OS/c1-2-15-7-10(14-13)8-16-11-5-3-4-9(12)6-11/h3-6,10,14H,2,7-8,13H2,1H3. The highest BCUT2D eigenvalue weighted by Crippen LogP contribution is 2.22. The molecule has 0 aliphatic heterocycles. The normalized spacial score (nSPS) is 12.7. The third-order valence-corrected chi connectivity index (χ3v) is 3.66. The number of ether oxygens (including phenoxy) is 1. The molecule has 0 fully saturated rings. The Labute approximate surface area is 109 Å². The summed E-state index contributed by atoms with van der Waals surface area (Å²) in [4.78, 5) is 1.23. The van der Waals surface area contributed by atoms with E-state index in [1.54, 1.807) is 11.8 Å². The van der Waals surface area contributed by atoms with Crippen molar-refractivity contribution in [3.05, 3.63) is 28.7 Å². The minimum atomic E-state index is 0.184. The maximum atomic E-state index is 5.46. The van der Waals surface area contributed by atoms with Crippen molar-refractivity contribution in [3.8, 4) is 0 Å². The van der Waals surface area contributed by atoms with Crippen LogP contribution >= 0.6 is 27.7 Å². The average Bonchev–Trinajstić information content (AvgIpc) is 2.29. The Balaban J connectivity index is 2.37. The molecule has 1 rings (SSSR count). The largest absolute Gasteiger partial charge is 0.380 e. The molecular formula is C11H17BrN2OS. The Morgan fingerprint density at radius 2 is 2.38 bits per heavy atom. The zero-order chi connectivity index (χ0) is 11.8. The second-order valence-electron chi connectivity index (χ2n) is 3.29. The van der Waals surface area contributed by atoms with E-state index < -0.39 is 0 Å². The highest BCUT2D eigenvalue weighted by molar-refractivity contribution is 9.10. The summed E-state index contributed by atoms with van der Waals surface area (Å²) in [5.74, 6) is 6.35. The Morgan fingerprint density at radius 3 is 3.00 bits per heavy atom. The van der Waals surface area contributed by atoms with Crippen LogP contribution in [0.3, 0.4) is 0 Å². The predicted molar refractivity (Wildman–Crippen MR) is 72.5 cm³/mol. The minimum absolute atomic E-state index is 0.184. The first-order valence-electron chi connectivity index (χ1n) is 5.18. The summed E-state index contributed by atoms with van der Waals surface area (Å²) < 4.78 is 6.43. The molecule has 1 aromatic carbocycles. The van der Waals surface area contributed by atoms with E-state index in [1.165, 1.54) is 4.90 Å². The van der Waals surface area contributed by atoms with Gasteiger partial charge in [-0.2, -0.15) is 0 Å². The Bertz CT molecular complexity index is 312. The predicted octanol–water partition coefficient (Wildman–Crippen LogP) is 2.41. The van der Waals surface area contributed by atoms with E-state index in [0.29, 0.717) is 6.61 Å². The molecule has 1 unspecified atom stereocenters. The molecule has 1 atom stereocenters. The van der Waals surface area contributed by atoms with Gasteiger partial charge in [-0.05, 0) is 25.1 Å². The van der Waals surface area contributed by atoms with E-state index in [-0.39, 0.29) is 6.04 Å². The van der Waals surface area contributed by atoms with Gasteiger partial charge in [0, 0.05) is 21.7 Å². The third kappa shape index (κ3) is 5.32. The number of nitrogens with two attached hydrogens (primary N) is 1. The molecule has 0 saturated heterocycles. The molecule has 0 spiro atoms. The lowest BCUT2D eigenvalue weighted by Gasteiger charge is -2.15. The second kappa shape index (κ2) is 8.08. The van der Waals surface area contributed by atoms with Crippen LogP contribution in [0.4, 0.5) is 0 Å². The SMILES string of the molecule is CCOCC(CSc1cccc(Br)c1)NN. The topological polar surface area (TPSA) is 47.3 Å². The molecule has 0 aliphatic rings. The molecule has 5 heteroatoms. The molecule has 16 heavy (non-hydrogen) atoms. The fraction of sp³-hybridized carbons (Fsp3) is 0.455. The van der Waals surface area contributed by atoms with Crippen molar-refractivity contribution in [2.45, 2.75) is 17.9 Å². The number of benzene rings is 1. The van der Waals surface area contributed by atoms with Gasteiger partial charge in [0.2, 0.25) is 0 Å². The summed E-state index contributed by atoms with van der Waals surface area (Å²) >= 11 is 5.22. The molecule has 0 aliphatic carbocycles. The first kappa shape index (κ1) is 14.0. The average molecular weight is 305 g/mol. The van der Waals surface area contributed by atoms with Crippen LogP contribution < -0.4 is 11.3 Å². The number of thioether (sulfide) groups is 1. The van der Waals surface area contributed by atoms with E-state index in [2.05, 4.69) is 33.5 Å². The zero-order valence-corrected chi connectivity index (χ0v) is 11.7. The lowest BCUT2D eigenvalue weighted by molar-refractivity contribution is 0.129. The fourth-order valence-corrected chi connectivity index (χ4v) is 2.68. The third-order valence-electron chi connectivity index (χ3n) is 2.01. The summed E-state index contributed by atoms with van der Waals surface area (Å²) in [6.45, 7) is 3.35. The summed E-state index contributed by atoms with van der Waals surface area (Å²) in [5, 5.41) is 0. The van der Waals surface area contributed by atoms with Crippen molar-refractivity contribution in [2.75, 3.05) is 19.0 Å². The number of rotatable bonds is 7. The molecule has 3 N–H and O–H groups in total. The lowest BCUT2D eigenvalue weighted by atomic mass is 10.4. The molecule has 0 radical (unpaired) electrons. The maximum Gasteiger partial charge on any atom is 0.0641 e. The Morgan fingerprint density at radius 1 is 1.56 bits per heavy atom. The first-order chi connectivity index (χ1) is 7.76. The molecule has 0 bridgehead atoms. The second-order valence-corrected chi connectivity index (χ2v) is 5.30. The molecule has 0 aromatic heterocycles. The summed E-state index contributed by atoms with van der Waals surface area (Å²) in [7, 11) is 0. The van der Waals surface area contributed by atoms with E-state index >= 15 is 0 Å². The van der Waals surface area contributed by atoms with E-state index in [0.717, 1.165) is 16.8 Å². The smallest absolute Gasteiger partial charge is 0.0641 e. The quantitative estimate of drug-likeness (QED) is 0.461. The summed E-state index contributed by atoms with van der Waals surface area (Å²) in [6.07, 6.45) is 0. The first-order valence-corrected chi connectivity index (χ1v) is 6.96. The number of hydrazine groups is 1. The highest BCUT2D eigenvalue weighted by Gasteiger charge is 2.07. The van der Waals surface area contributed by atoms with Crippen LogP contribution in [0.5, 0.6) is 0 Å². The molecule has 0 amide bonds. The number of hydrogen-bond acceptors (Lipinski definition) is 4. The van der Waals surface area contributed by atoms with Gasteiger partial charge in [0.1, 0.15) is 0 Å². The van der Waals surface area contributed by atoms with Crippen LogP contribution in [-0.2, 0) is 4.74 Å². The van der Waals surface area contributed by atoms with Gasteiger partial charge in [0.05, 0.1) is 12.6 Å². The number of nitrogens with one attached hydrogen (secondary N) is 1. The van der Waals surface area contributed by atoms with Gasteiger partial charge >= 0.3 is 0 Å². The van der Waals surface area contributed by atoms with Crippen LogP contribution in [0.1, 0.15) is 6.92 Å². The van der Waals surface area contributed by atoms with Crippen LogP contribution in [0.25, 0.3) is 0 Å². The number of hydrogen-bond donors (Lipinski definition) is 2. The van der Waals surface area contributed by atoms with Gasteiger partial charge < -0.3 is 4.74 Å².